The van der Waals surface area contributed by atoms with Gasteiger partial charge in [0, 0.05) is 28.2 Å². The van der Waals surface area contributed by atoms with Crippen LogP contribution in [-0.2, 0) is 23.1 Å². The first-order valence-corrected chi connectivity index (χ1v) is 9.94. The largest absolute Gasteiger partial charge is 0.312 e. The molecule has 2 N–H and O–H groups in total. The van der Waals surface area contributed by atoms with Gasteiger partial charge in [0.15, 0.2) is 0 Å². The zero-order valence-electron chi connectivity index (χ0n) is 12.0. The van der Waals surface area contributed by atoms with Crippen LogP contribution >= 0.6 is 22.7 Å². The number of hydrogen-bond donors (Lipinski definition) is 2. The molecule has 2 rings (SSSR count). The number of thiophene rings is 1. The minimum Gasteiger partial charge on any atom is -0.312 e. The predicted molar refractivity (Wildman–Crippen MR) is 87.2 cm³/mol. The van der Waals surface area contributed by atoms with Gasteiger partial charge in [-0.2, -0.15) is 0 Å². The van der Waals surface area contributed by atoms with E-state index in [-0.39, 0.29) is 6.54 Å². The van der Waals surface area contributed by atoms with E-state index in [0.717, 1.165) is 28.4 Å². The lowest BCUT2D eigenvalue weighted by Gasteiger charge is -2.04. The fourth-order valence-corrected chi connectivity index (χ4v) is 4.77. The second kappa shape index (κ2) is 7.46. The maximum Gasteiger partial charge on any atom is 0.241 e. The van der Waals surface area contributed by atoms with Crippen LogP contribution in [0, 0.1) is 6.92 Å². The Bertz CT molecular complexity index is 676. The Hall–Kier alpha value is -0.800. The van der Waals surface area contributed by atoms with Crippen LogP contribution in [-0.4, -0.2) is 19.9 Å². The van der Waals surface area contributed by atoms with Crippen LogP contribution in [0.4, 0.5) is 0 Å². The topological polar surface area (TPSA) is 71.1 Å². The summed E-state index contributed by atoms with van der Waals surface area (Å²) < 4.78 is 27.1. The Kier molecular flexibility index (Phi) is 5.88. The van der Waals surface area contributed by atoms with E-state index in [4.69, 9.17) is 0 Å². The molecule has 0 amide bonds. The van der Waals surface area contributed by atoms with Crippen molar-refractivity contribution in [1.82, 2.24) is 15.0 Å². The molecule has 0 radical (unpaired) electrons. The van der Waals surface area contributed by atoms with Gasteiger partial charge in [0.1, 0.15) is 0 Å². The highest BCUT2D eigenvalue weighted by Crippen LogP contribution is 2.20. The van der Waals surface area contributed by atoms with E-state index in [1.807, 2.05) is 6.92 Å². The van der Waals surface area contributed by atoms with Crippen LogP contribution in [0.5, 0.6) is 0 Å². The van der Waals surface area contributed by atoms with Gasteiger partial charge in [-0.1, -0.05) is 6.92 Å². The number of aromatic nitrogens is 1. The maximum atomic E-state index is 12.2. The molecule has 116 valence electrons. The third kappa shape index (κ3) is 4.58. The molecular formula is C13H19N3O2S3. The van der Waals surface area contributed by atoms with Crippen molar-refractivity contribution in [3.8, 4) is 0 Å². The highest BCUT2D eigenvalue weighted by atomic mass is 32.2. The first-order valence-electron chi connectivity index (χ1n) is 6.69. The van der Waals surface area contributed by atoms with Crippen LogP contribution in [0.3, 0.4) is 0 Å². The van der Waals surface area contributed by atoms with E-state index in [0.29, 0.717) is 11.4 Å². The van der Waals surface area contributed by atoms with Crippen molar-refractivity contribution in [3.63, 3.8) is 0 Å². The summed E-state index contributed by atoms with van der Waals surface area (Å²) in [5.74, 6) is 0. The number of rotatable bonds is 8. The number of aryl methyl sites for hydroxylation is 1. The van der Waals surface area contributed by atoms with Crippen LogP contribution in [0.2, 0.25) is 0 Å². The third-order valence-corrected chi connectivity index (χ3v) is 6.34. The first-order chi connectivity index (χ1) is 10.0. The zero-order valence-corrected chi connectivity index (χ0v) is 14.5. The standard InChI is InChI=1S/C13H19N3O2S3/c1-3-4-14-6-11-5-12(8-19-11)21(17,18)16-7-13-10(2)15-9-20-13/h5,8-9,14,16H,3-4,6-7H2,1-2H3. The van der Waals surface area contributed by atoms with Gasteiger partial charge in [0.2, 0.25) is 10.0 Å². The van der Waals surface area contributed by atoms with E-state index in [1.54, 1.807) is 17.0 Å². The van der Waals surface area contributed by atoms with Crippen molar-refractivity contribution in [2.45, 2.75) is 38.3 Å². The molecule has 0 atom stereocenters. The summed E-state index contributed by atoms with van der Waals surface area (Å²) in [5.41, 5.74) is 2.60. The number of nitrogens with one attached hydrogen (secondary N) is 2. The molecule has 0 fully saturated rings. The highest BCUT2D eigenvalue weighted by molar-refractivity contribution is 7.89. The van der Waals surface area contributed by atoms with Crippen molar-refractivity contribution < 1.29 is 8.42 Å². The average Bonchev–Trinajstić information content (AvgIpc) is 3.06. The summed E-state index contributed by atoms with van der Waals surface area (Å²) in [4.78, 5) is 6.42. The minimum absolute atomic E-state index is 0.290. The van der Waals surface area contributed by atoms with Crippen molar-refractivity contribution in [2.75, 3.05) is 6.54 Å². The van der Waals surface area contributed by atoms with Gasteiger partial charge >= 0.3 is 0 Å². The van der Waals surface area contributed by atoms with Crippen LogP contribution in [0.15, 0.2) is 21.9 Å². The molecule has 2 heterocycles. The first kappa shape index (κ1) is 16.6. The fraction of sp³-hybridized carbons (Fsp3) is 0.462. The molecular weight excluding hydrogens is 326 g/mol. The van der Waals surface area contributed by atoms with Gasteiger partial charge in [-0.05, 0) is 26.0 Å². The van der Waals surface area contributed by atoms with Crippen LogP contribution in [0.25, 0.3) is 0 Å². The Labute approximate surface area is 133 Å². The summed E-state index contributed by atoms with van der Waals surface area (Å²) in [6.07, 6.45) is 1.06. The van der Waals surface area contributed by atoms with Crippen molar-refractivity contribution in [1.29, 1.82) is 0 Å². The van der Waals surface area contributed by atoms with E-state index in [1.165, 1.54) is 22.7 Å². The van der Waals surface area contributed by atoms with Gasteiger partial charge in [-0.3, -0.25) is 0 Å². The number of hydrogen-bond acceptors (Lipinski definition) is 6. The van der Waals surface area contributed by atoms with E-state index in [9.17, 15) is 8.42 Å². The van der Waals surface area contributed by atoms with Gasteiger partial charge in [0.25, 0.3) is 0 Å². The van der Waals surface area contributed by atoms with E-state index >= 15 is 0 Å². The molecule has 0 saturated carbocycles. The monoisotopic (exact) mass is 345 g/mol. The summed E-state index contributed by atoms with van der Waals surface area (Å²) in [6.45, 7) is 5.91. The fourth-order valence-electron chi connectivity index (χ4n) is 1.72. The smallest absolute Gasteiger partial charge is 0.241 e. The summed E-state index contributed by atoms with van der Waals surface area (Å²) >= 11 is 2.92. The Morgan fingerprint density at radius 2 is 2.10 bits per heavy atom. The Morgan fingerprint density at radius 1 is 1.29 bits per heavy atom. The molecule has 2 aromatic rings. The van der Waals surface area contributed by atoms with E-state index < -0.39 is 10.0 Å². The Morgan fingerprint density at radius 3 is 2.76 bits per heavy atom. The second-order valence-corrected chi connectivity index (χ2v) is 8.31. The van der Waals surface area contributed by atoms with Gasteiger partial charge in [0.05, 0.1) is 16.1 Å². The van der Waals surface area contributed by atoms with Crippen molar-refractivity contribution >= 4 is 32.7 Å². The molecule has 0 aromatic carbocycles. The molecule has 0 saturated heterocycles. The molecule has 0 aliphatic carbocycles. The molecule has 0 bridgehead atoms. The van der Waals surface area contributed by atoms with Crippen LogP contribution in [0.1, 0.15) is 28.8 Å². The van der Waals surface area contributed by atoms with Crippen molar-refractivity contribution in [3.05, 3.63) is 32.4 Å². The minimum atomic E-state index is -3.45. The van der Waals surface area contributed by atoms with E-state index in [2.05, 4.69) is 21.9 Å². The predicted octanol–water partition coefficient (Wildman–Crippen LogP) is 2.49. The molecule has 0 aliphatic rings. The summed E-state index contributed by atoms with van der Waals surface area (Å²) in [7, 11) is -3.45. The van der Waals surface area contributed by atoms with Gasteiger partial charge in [-0.15, -0.1) is 22.7 Å². The Balaban J connectivity index is 1.97. The number of sulfonamides is 1. The molecule has 0 unspecified atom stereocenters. The molecule has 2 aromatic heterocycles. The second-order valence-electron chi connectivity index (χ2n) is 4.61. The molecule has 8 heteroatoms. The zero-order chi connectivity index (χ0) is 15.3. The average molecular weight is 346 g/mol. The highest BCUT2D eigenvalue weighted by Gasteiger charge is 2.16. The van der Waals surface area contributed by atoms with Crippen molar-refractivity contribution in [2.24, 2.45) is 0 Å². The molecule has 0 spiro atoms. The maximum absolute atomic E-state index is 12.2. The lowest BCUT2D eigenvalue weighted by Crippen LogP contribution is -2.22. The lowest BCUT2D eigenvalue weighted by atomic mass is 10.4. The quantitative estimate of drug-likeness (QED) is 0.721. The number of nitrogens with zero attached hydrogens (tertiary/aromatic N) is 1. The summed E-state index contributed by atoms with van der Waals surface area (Å²) in [5, 5.41) is 4.95. The molecule has 21 heavy (non-hydrogen) atoms. The molecule has 0 aliphatic heterocycles. The molecule has 5 nitrogen and oxygen atoms in total. The van der Waals surface area contributed by atoms with Crippen LogP contribution < -0.4 is 10.0 Å². The van der Waals surface area contributed by atoms with Gasteiger partial charge in [-0.25, -0.2) is 18.1 Å². The SMILES string of the molecule is CCCNCc1cc(S(=O)(=O)NCc2scnc2C)cs1. The van der Waals surface area contributed by atoms with Gasteiger partial charge < -0.3 is 5.32 Å². The number of thiazole rings is 1. The normalized spacial score (nSPS) is 11.9. The lowest BCUT2D eigenvalue weighted by molar-refractivity contribution is 0.582. The third-order valence-electron chi connectivity index (χ3n) is 2.93. The summed E-state index contributed by atoms with van der Waals surface area (Å²) in [6, 6.07) is 1.73.